The molecular formula is C22H23F3N2O. The number of alkyl halides is 2. The summed E-state index contributed by atoms with van der Waals surface area (Å²) in [6, 6.07) is 13.4. The van der Waals surface area contributed by atoms with Gasteiger partial charge >= 0.3 is 0 Å². The van der Waals surface area contributed by atoms with Gasteiger partial charge in [0.05, 0.1) is 0 Å². The van der Waals surface area contributed by atoms with Crippen LogP contribution in [-0.4, -0.2) is 17.9 Å². The van der Waals surface area contributed by atoms with Crippen molar-refractivity contribution in [1.29, 1.82) is 0 Å². The van der Waals surface area contributed by atoms with Crippen molar-refractivity contribution in [3.05, 3.63) is 65.5 Å². The van der Waals surface area contributed by atoms with E-state index in [2.05, 4.69) is 10.6 Å². The van der Waals surface area contributed by atoms with Gasteiger partial charge in [-0.05, 0) is 55.0 Å². The molecule has 6 heteroatoms. The molecule has 2 aromatic carbocycles. The number of carbonyl (C=O) groups is 1. The lowest BCUT2D eigenvalue weighted by molar-refractivity contribution is -0.127. The second-order valence-electron chi connectivity index (χ2n) is 7.80. The molecule has 148 valence electrons. The Morgan fingerprint density at radius 3 is 2.50 bits per heavy atom. The van der Waals surface area contributed by atoms with E-state index in [1.165, 1.54) is 12.1 Å². The molecule has 0 unspecified atom stereocenters. The van der Waals surface area contributed by atoms with Crippen LogP contribution in [0.3, 0.4) is 0 Å². The van der Waals surface area contributed by atoms with E-state index < -0.39 is 11.5 Å². The van der Waals surface area contributed by atoms with Gasteiger partial charge in [-0.15, -0.1) is 0 Å². The van der Waals surface area contributed by atoms with Gasteiger partial charge in [-0.2, -0.15) is 0 Å². The third-order valence-electron chi connectivity index (χ3n) is 5.87. The first-order chi connectivity index (χ1) is 13.4. The molecule has 2 aliphatic rings. The highest BCUT2D eigenvalue weighted by molar-refractivity contribution is 5.92. The molecule has 0 bridgehead atoms. The number of amides is 1. The highest BCUT2D eigenvalue weighted by atomic mass is 19.3. The maximum absolute atomic E-state index is 13.7. The summed E-state index contributed by atoms with van der Waals surface area (Å²) in [5, 5.41) is 6.24. The number of hydrogen-bond donors (Lipinski definition) is 2. The molecule has 1 amide bonds. The van der Waals surface area contributed by atoms with Gasteiger partial charge in [0.1, 0.15) is 11.4 Å². The van der Waals surface area contributed by atoms with E-state index in [1.54, 1.807) is 12.1 Å². The summed E-state index contributed by atoms with van der Waals surface area (Å²) in [5.41, 5.74) is 1.40. The number of halogens is 3. The van der Waals surface area contributed by atoms with Crippen LogP contribution in [0.4, 0.5) is 18.9 Å². The van der Waals surface area contributed by atoms with Crippen LogP contribution >= 0.6 is 0 Å². The third kappa shape index (κ3) is 3.60. The molecule has 0 radical (unpaired) electrons. The summed E-state index contributed by atoms with van der Waals surface area (Å²) in [6.45, 7) is 0. The minimum Gasteiger partial charge on any atom is -0.368 e. The molecule has 4 rings (SSSR count). The fourth-order valence-corrected chi connectivity index (χ4v) is 4.34. The molecule has 2 aromatic rings. The second-order valence-corrected chi connectivity index (χ2v) is 7.80. The minimum atomic E-state index is -2.64. The van der Waals surface area contributed by atoms with Gasteiger partial charge in [0, 0.05) is 24.6 Å². The molecule has 0 spiro atoms. The number of anilines is 1. The standard InChI is InChI=1S/C22H23F3N2O/c23-16-5-3-6-18(14-16)27-22(13-8-15-4-1-2-7-19(15)22)20(28)26-17-9-11-21(24,25)12-10-17/h1-7,14,17,27H,8-13H2,(H,26,28)/t22-/m1/s1. The predicted molar refractivity (Wildman–Crippen MR) is 102 cm³/mol. The normalized spacial score (nSPS) is 23.8. The number of hydrogen-bond acceptors (Lipinski definition) is 2. The Bertz CT molecular complexity index is 876. The summed E-state index contributed by atoms with van der Waals surface area (Å²) in [6.07, 6.45) is 1.34. The van der Waals surface area contributed by atoms with E-state index in [0.29, 0.717) is 18.5 Å². The van der Waals surface area contributed by atoms with Gasteiger partial charge in [-0.25, -0.2) is 13.2 Å². The fraction of sp³-hybridized carbons (Fsp3) is 0.409. The molecule has 1 saturated carbocycles. The molecule has 2 N–H and O–H groups in total. The van der Waals surface area contributed by atoms with Crippen LogP contribution in [0.15, 0.2) is 48.5 Å². The van der Waals surface area contributed by atoms with E-state index >= 15 is 0 Å². The third-order valence-corrected chi connectivity index (χ3v) is 5.87. The Kier molecular flexibility index (Phi) is 4.81. The van der Waals surface area contributed by atoms with Crippen LogP contribution in [0.1, 0.15) is 43.2 Å². The Morgan fingerprint density at radius 1 is 1.00 bits per heavy atom. The van der Waals surface area contributed by atoms with Crippen molar-refractivity contribution < 1.29 is 18.0 Å². The smallest absolute Gasteiger partial charge is 0.250 e. The zero-order valence-electron chi connectivity index (χ0n) is 15.5. The monoisotopic (exact) mass is 388 g/mol. The summed E-state index contributed by atoms with van der Waals surface area (Å²) in [5.74, 6) is -3.27. The number of carbonyl (C=O) groups excluding carboxylic acids is 1. The van der Waals surface area contributed by atoms with E-state index in [4.69, 9.17) is 0 Å². The number of nitrogens with one attached hydrogen (secondary N) is 2. The summed E-state index contributed by atoms with van der Waals surface area (Å²) < 4.78 is 40.6. The molecular weight excluding hydrogens is 365 g/mol. The van der Waals surface area contributed by atoms with Gasteiger partial charge < -0.3 is 10.6 Å². The van der Waals surface area contributed by atoms with E-state index in [9.17, 15) is 18.0 Å². The number of rotatable bonds is 4. The van der Waals surface area contributed by atoms with Gasteiger partial charge in [-0.1, -0.05) is 30.3 Å². The minimum absolute atomic E-state index is 0.209. The lowest BCUT2D eigenvalue weighted by atomic mass is 9.87. The van der Waals surface area contributed by atoms with Crippen molar-refractivity contribution in [2.75, 3.05) is 5.32 Å². The summed E-state index contributed by atoms with van der Waals surface area (Å²) >= 11 is 0. The molecule has 3 nitrogen and oxygen atoms in total. The quantitative estimate of drug-likeness (QED) is 0.792. The Labute approximate surface area is 162 Å². The topological polar surface area (TPSA) is 41.1 Å². The van der Waals surface area contributed by atoms with E-state index in [-0.39, 0.29) is 43.4 Å². The second kappa shape index (κ2) is 7.15. The van der Waals surface area contributed by atoms with Gasteiger partial charge in [0.2, 0.25) is 5.92 Å². The van der Waals surface area contributed by atoms with Gasteiger partial charge in [0.15, 0.2) is 0 Å². The van der Waals surface area contributed by atoms with Crippen LogP contribution in [-0.2, 0) is 16.8 Å². The van der Waals surface area contributed by atoms with Crippen molar-refractivity contribution in [2.45, 2.75) is 56.0 Å². The first kappa shape index (κ1) is 18.8. The first-order valence-corrected chi connectivity index (χ1v) is 9.69. The van der Waals surface area contributed by atoms with Crippen LogP contribution in [0.5, 0.6) is 0 Å². The van der Waals surface area contributed by atoms with Crippen LogP contribution in [0.25, 0.3) is 0 Å². The Hall–Kier alpha value is -2.50. The van der Waals surface area contributed by atoms with E-state index in [0.717, 1.165) is 11.1 Å². The molecule has 0 heterocycles. The maximum Gasteiger partial charge on any atom is 0.250 e. The van der Waals surface area contributed by atoms with Crippen molar-refractivity contribution >= 4 is 11.6 Å². The fourth-order valence-electron chi connectivity index (χ4n) is 4.34. The lowest BCUT2D eigenvalue weighted by Crippen LogP contribution is -2.52. The Balaban J connectivity index is 1.62. The SMILES string of the molecule is O=C(NC1CCC(F)(F)CC1)[C@@]1(Nc2cccc(F)c2)CCc2ccccc21. The Morgan fingerprint density at radius 2 is 1.75 bits per heavy atom. The summed E-state index contributed by atoms with van der Waals surface area (Å²) in [7, 11) is 0. The highest BCUT2D eigenvalue weighted by Gasteiger charge is 2.46. The van der Waals surface area contributed by atoms with Crippen molar-refractivity contribution in [1.82, 2.24) is 5.32 Å². The van der Waals surface area contributed by atoms with Crippen LogP contribution in [0, 0.1) is 5.82 Å². The highest BCUT2D eigenvalue weighted by Crippen LogP contribution is 2.41. The molecule has 1 atom stereocenters. The molecule has 0 aliphatic heterocycles. The lowest BCUT2D eigenvalue weighted by Gasteiger charge is -2.35. The van der Waals surface area contributed by atoms with E-state index in [1.807, 2.05) is 24.3 Å². The largest absolute Gasteiger partial charge is 0.368 e. The van der Waals surface area contributed by atoms with Crippen molar-refractivity contribution in [2.24, 2.45) is 0 Å². The van der Waals surface area contributed by atoms with Crippen molar-refractivity contribution in [3.8, 4) is 0 Å². The predicted octanol–water partition coefficient (Wildman–Crippen LogP) is 4.77. The first-order valence-electron chi connectivity index (χ1n) is 9.69. The number of benzene rings is 2. The number of fused-ring (bicyclic) bond motifs is 1. The zero-order valence-corrected chi connectivity index (χ0v) is 15.5. The van der Waals surface area contributed by atoms with Crippen LogP contribution < -0.4 is 10.6 Å². The van der Waals surface area contributed by atoms with Crippen LogP contribution in [0.2, 0.25) is 0 Å². The average molecular weight is 388 g/mol. The number of aryl methyl sites for hydroxylation is 1. The average Bonchev–Trinajstić information content (AvgIpc) is 3.03. The molecule has 0 aromatic heterocycles. The molecule has 28 heavy (non-hydrogen) atoms. The molecule has 0 saturated heterocycles. The van der Waals surface area contributed by atoms with Gasteiger partial charge in [0.25, 0.3) is 5.91 Å². The zero-order chi connectivity index (χ0) is 19.8. The maximum atomic E-state index is 13.7. The molecule has 1 fully saturated rings. The van der Waals surface area contributed by atoms with Gasteiger partial charge in [-0.3, -0.25) is 4.79 Å². The molecule has 2 aliphatic carbocycles. The van der Waals surface area contributed by atoms with Crippen molar-refractivity contribution in [3.63, 3.8) is 0 Å². The summed E-state index contributed by atoms with van der Waals surface area (Å²) in [4.78, 5) is 13.4.